The second-order valence-electron chi connectivity index (χ2n) is 5.78. The lowest BCUT2D eigenvalue weighted by Crippen LogP contribution is -2.20. The monoisotopic (exact) mass is 223 g/mol. The maximum Gasteiger partial charge on any atom is 0.00503 e. The van der Waals surface area contributed by atoms with Gasteiger partial charge in [0.1, 0.15) is 0 Å². The maximum atomic E-state index is 6.12. The van der Waals surface area contributed by atoms with Gasteiger partial charge in [-0.1, -0.05) is 42.5 Å². The van der Waals surface area contributed by atoms with Crippen LogP contribution in [0.5, 0.6) is 0 Å². The molecule has 2 saturated carbocycles. The van der Waals surface area contributed by atoms with E-state index >= 15 is 0 Å². The number of nitrogens with two attached hydrogens (primary N) is 1. The molecule has 2 N–H and O–H groups in total. The van der Waals surface area contributed by atoms with Crippen LogP contribution < -0.4 is 5.73 Å². The molecule has 2 aliphatic rings. The van der Waals surface area contributed by atoms with Gasteiger partial charge < -0.3 is 5.73 Å². The number of hydrogen-bond donors (Lipinski definition) is 1. The minimum atomic E-state index is 0.424. The molecule has 2 aliphatic carbocycles. The van der Waals surface area contributed by atoms with Gasteiger partial charge in [-0.3, -0.25) is 0 Å². The van der Waals surface area contributed by atoms with Crippen LogP contribution in [0.3, 0.4) is 0 Å². The Hall–Kier alpha value is -1.34. The molecule has 4 rings (SSSR count). The van der Waals surface area contributed by atoms with E-state index in [4.69, 9.17) is 5.73 Å². The second-order valence-corrected chi connectivity index (χ2v) is 5.78. The van der Waals surface area contributed by atoms with E-state index in [0.717, 1.165) is 5.92 Å². The number of hydrogen-bond acceptors (Lipinski definition) is 1. The molecule has 0 bridgehead atoms. The fourth-order valence-electron chi connectivity index (χ4n) is 3.96. The molecule has 0 amide bonds. The fraction of sp³-hybridized carbons (Fsp3) is 0.375. The second kappa shape index (κ2) is 3.11. The summed E-state index contributed by atoms with van der Waals surface area (Å²) in [5, 5.41) is 2.80. The van der Waals surface area contributed by atoms with Crippen LogP contribution in [-0.4, -0.2) is 6.04 Å². The van der Waals surface area contributed by atoms with Crippen molar-refractivity contribution >= 4 is 10.8 Å². The lowest BCUT2D eigenvalue weighted by Gasteiger charge is -2.17. The summed E-state index contributed by atoms with van der Waals surface area (Å²) in [6.07, 6.45) is 3.77. The fourth-order valence-corrected chi connectivity index (χ4v) is 3.96. The van der Waals surface area contributed by atoms with Gasteiger partial charge in [0, 0.05) is 11.5 Å². The summed E-state index contributed by atoms with van der Waals surface area (Å²) >= 11 is 0. The van der Waals surface area contributed by atoms with Crippen molar-refractivity contribution in [1.29, 1.82) is 0 Å². The van der Waals surface area contributed by atoms with Crippen molar-refractivity contribution in [3.8, 4) is 0 Å². The lowest BCUT2D eigenvalue weighted by atomic mass is 9.88. The average Bonchev–Trinajstić information content (AvgIpc) is 2.92. The third-order valence-corrected chi connectivity index (χ3v) is 4.77. The van der Waals surface area contributed by atoms with Gasteiger partial charge in [0.15, 0.2) is 0 Å². The number of fused-ring (bicyclic) bond motifs is 2. The zero-order valence-corrected chi connectivity index (χ0v) is 9.89. The molecule has 0 aliphatic heterocycles. The summed E-state index contributed by atoms with van der Waals surface area (Å²) in [5.41, 5.74) is 8.10. The minimum absolute atomic E-state index is 0.424. The van der Waals surface area contributed by atoms with Crippen LogP contribution in [-0.2, 0) is 5.41 Å². The molecule has 0 radical (unpaired) electrons. The molecule has 2 aromatic carbocycles. The average molecular weight is 223 g/mol. The minimum Gasteiger partial charge on any atom is -0.328 e. The van der Waals surface area contributed by atoms with E-state index in [1.54, 1.807) is 5.56 Å². The van der Waals surface area contributed by atoms with E-state index in [0.29, 0.717) is 11.5 Å². The molecule has 3 atom stereocenters. The molecule has 17 heavy (non-hydrogen) atoms. The first-order valence-electron chi connectivity index (χ1n) is 6.53. The molecule has 2 fully saturated rings. The van der Waals surface area contributed by atoms with Crippen molar-refractivity contribution in [2.24, 2.45) is 11.7 Å². The normalized spacial score (nSPS) is 34.9. The summed E-state index contributed by atoms with van der Waals surface area (Å²) in [6.45, 7) is 0. The Morgan fingerprint density at radius 2 is 1.82 bits per heavy atom. The molecular formula is C16H17N. The molecule has 0 spiro atoms. The highest BCUT2D eigenvalue weighted by Crippen LogP contribution is 2.64. The first-order valence-corrected chi connectivity index (χ1v) is 6.53. The summed E-state index contributed by atoms with van der Waals surface area (Å²) in [7, 11) is 0. The summed E-state index contributed by atoms with van der Waals surface area (Å²) < 4.78 is 0. The largest absolute Gasteiger partial charge is 0.328 e. The highest BCUT2D eigenvalue weighted by atomic mass is 14.8. The SMILES string of the molecule is NC1C[C@@H]2CC2(c2cccc3ccccc23)C1. The molecule has 2 aromatic rings. The van der Waals surface area contributed by atoms with Gasteiger partial charge in [-0.2, -0.15) is 0 Å². The van der Waals surface area contributed by atoms with Gasteiger partial charge in [0.2, 0.25) is 0 Å². The Bertz CT molecular complexity index is 584. The Balaban J connectivity index is 1.92. The van der Waals surface area contributed by atoms with Crippen LogP contribution in [0.2, 0.25) is 0 Å². The van der Waals surface area contributed by atoms with Crippen molar-refractivity contribution in [3.05, 3.63) is 48.0 Å². The topological polar surface area (TPSA) is 26.0 Å². The molecule has 0 aromatic heterocycles. The van der Waals surface area contributed by atoms with Crippen LogP contribution in [0.1, 0.15) is 24.8 Å². The summed E-state index contributed by atoms with van der Waals surface area (Å²) in [4.78, 5) is 0. The van der Waals surface area contributed by atoms with Gasteiger partial charge in [0.05, 0.1) is 0 Å². The van der Waals surface area contributed by atoms with Crippen molar-refractivity contribution in [2.45, 2.75) is 30.7 Å². The van der Waals surface area contributed by atoms with Crippen molar-refractivity contribution in [3.63, 3.8) is 0 Å². The van der Waals surface area contributed by atoms with Gasteiger partial charge >= 0.3 is 0 Å². The number of rotatable bonds is 1. The van der Waals surface area contributed by atoms with Gasteiger partial charge in [-0.05, 0) is 41.5 Å². The van der Waals surface area contributed by atoms with Gasteiger partial charge in [0.25, 0.3) is 0 Å². The Kier molecular flexibility index (Phi) is 1.77. The van der Waals surface area contributed by atoms with Crippen LogP contribution in [0.4, 0.5) is 0 Å². The van der Waals surface area contributed by atoms with E-state index in [1.807, 2.05) is 0 Å². The molecule has 1 nitrogen and oxygen atoms in total. The van der Waals surface area contributed by atoms with Gasteiger partial charge in [-0.25, -0.2) is 0 Å². The highest BCUT2D eigenvalue weighted by molar-refractivity contribution is 5.87. The molecule has 1 heteroatoms. The lowest BCUT2D eigenvalue weighted by molar-refractivity contribution is 0.585. The zero-order valence-electron chi connectivity index (χ0n) is 9.89. The Morgan fingerprint density at radius 3 is 2.65 bits per heavy atom. The predicted molar refractivity (Wildman–Crippen MR) is 70.9 cm³/mol. The van der Waals surface area contributed by atoms with Crippen LogP contribution in [0.15, 0.2) is 42.5 Å². The first kappa shape index (κ1) is 9.67. The van der Waals surface area contributed by atoms with Crippen LogP contribution >= 0.6 is 0 Å². The standard InChI is InChI=1S/C16H17N/c17-13-8-12-9-16(12,10-13)15-7-3-5-11-4-1-2-6-14(11)15/h1-7,12-13H,8-10,17H2/t12-,13?,16?/m1/s1. The quantitative estimate of drug-likeness (QED) is 0.789. The zero-order chi connectivity index (χ0) is 11.5. The van der Waals surface area contributed by atoms with E-state index in [9.17, 15) is 0 Å². The maximum absolute atomic E-state index is 6.12. The smallest absolute Gasteiger partial charge is 0.00503 e. The molecule has 0 saturated heterocycles. The van der Waals surface area contributed by atoms with Crippen LogP contribution in [0, 0.1) is 5.92 Å². The Labute approximate surface area is 102 Å². The first-order chi connectivity index (χ1) is 8.29. The third kappa shape index (κ3) is 1.23. The van der Waals surface area contributed by atoms with Gasteiger partial charge in [-0.15, -0.1) is 0 Å². The molecule has 0 heterocycles. The Morgan fingerprint density at radius 1 is 1.00 bits per heavy atom. The third-order valence-electron chi connectivity index (χ3n) is 4.77. The van der Waals surface area contributed by atoms with E-state index in [-0.39, 0.29) is 0 Å². The summed E-state index contributed by atoms with van der Waals surface area (Å²) in [6, 6.07) is 15.9. The van der Waals surface area contributed by atoms with E-state index < -0.39 is 0 Å². The van der Waals surface area contributed by atoms with E-state index in [2.05, 4.69) is 42.5 Å². The molecular weight excluding hydrogens is 206 g/mol. The number of benzene rings is 2. The predicted octanol–water partition coefficient (Wildman–Crippen LogP) is 3.22. The van der Waals surface area contributed by atoms with Crippen molar-refractivity contribution in [1.82, 2.24) is 0 Å². The highest BCUT2D eigenvalue weighted by Gasteiger charge is 2.60. The van der Waals surface area contributed by atoms with Crippen molar-refractivity contribution < 1.29 is 0 Å². The molecule has 86 valence electrons. The van der Waals surface area contributed by atoms with Crippen molar-refractivity contribution in [2.75, 3.05) is 0 Å². The summed E-state index contributed by atoms with van der Waals surface area (Å²) in [5.74, 6) is 0.850. The molecule has 2 unspecified atom stereocenters. The van der Waals surface area contributed by atoms with E-state index in [1.165, 1.54) is 30.0 Å². The van der Waals surface area contributed by atoms with Crippen LogP contribution in [0.25, 0.3) is 10.8 Å².